The summed E-state index contributed by atoms with van der Waals surface area (Å²) in [4.78, 5) is 30.9. The molecule has 0 unspecified atom stereocenters. The van der Waals surface area contributed by atoms with Gasteiger partial charge in [0, 0.05) is 37.3 Å². The Morgan fingerprint density at radius 2 is 2.15 bits per heavy atom. The molecule has 0 saturated carbocycles. The molecule has 0 bridgehead atoms. The molecule has 1 saturated heterocycles. The number of amides is 1. The molecule has 1 aliphatic rings. The number of aliphatic hydroxyl groups excluding tert-OH is 1. The molecular weight excluding hydrogens is 346 g/mol. The standard InChI is InChI=1S/C19H21N5O3/c1-11-5-14(22-21-11)6-13-8-24(9-17(13)25)18(26)12-3-4-15-16(7-12)20-10-23(2)19(15)27/h3-5,7,10,13,17,25H,6,8-9H2,1-2H3,(H,21,22)/t13-,17-/m1/s1. The van der Waals surface area contributed by atoms with Crippen LogP contribution in [0.15, 0.2) is 35.4 Å². The first kappa shape index (κ1) is 17.4. The third-order valence-electron chi connectivity index (χ3n) is 5.09. The average Bonchev–Trinajstić information content (AvgIpc) is 3.23. The number of hydrogen-bond acceptors (Lipinski definition) is 5. The highest BCUT2D eigenvalue weighted by molar-refractivity contribution is 5.97. The number of nitrogens with one attached hydrogen (secondary N) is 1. The van der Waals surface area contributed by atoms with Gasteiger partial charge in [0.15, 0.2) is 0 Å². The van der Waals surface area contributed by atoms with Crippen LogP contribution in [0.25, 0.3) is 10.9 Å². The van der Waals surface area contributed by atoms with Crippen molar-refractivity contribution in [2.45, 2.75) is 19.4 Å². The predicted molar refractivity (Wildman–Crippen MR) is 99.4 cm³/mol. The second kappa shape index (κ2) is 6.62. The first-order valence-electron chi connectivity index (χ1n) is 8.86. The SMILES string of the molecule is Cc1cc(C[C@@H]2CN(C(=O)c3ccc4c(=O)n(C)cnc4c3)C[C@H]2O)n[nH]1. The minimum absolute atomic E-state index is 0.0532. The molecule has 27 heavy (non-hydrogen) atoms. The van der Waals surface area contributed by atoms with Crippen LogP contribution in [0, 0.1) is 12.8 Å². The lowest BCUT2D eigenvalue weighted by atomic mass is 10.0. The molecule has 4 rings (SSSR count). The van der Waals surface area contributed by atoms with Gasteiger partial charge in [-0.3, -0.25) is 14.7 Å². The third-order valence-corrected chi connectivity index (χ3v) is 5.09. The van der Waals surface area contributed by atoms with Crippen molar-refractivity contribution in [1.82, 2.24) is 24.6 Å². The number of fused-ring (bicyclic) bond motifs is 1. The molecule has 140 valence electrons. The van der Waals surface area contributed by atoms with Gasteiger partial charge in [0.1, 0.15) is 0 Å². The molecule has 8 nitrogen and oxygen atoms in total. The van der Waals surface area contributed by atoms with Crippen molar-refractivity contribution in [2.75, 3.05) is 13.1 Å². The number of H-pyrrole nitrogens is 1. The maximum Gasteiger partial charge on any atom is 0.260 e. The summed E-state index contributed by atoms with van der Waals surface area (Å²) >= 11 is 0. The van der Waals surface area contributed by atoms with E-state index in [0.29, 0.717) is 29.4 Å². The third kappa shape index (κ3) is 3.23. The zero-order valence-corrected chi connectivity index (χ0v) is 15.2. The zero-order valence-electron chi connectivity index (χ0n) is 15.2. The summed E-state index contributed by atoms with van der Waals surface area (Å²) in [6, 6.07) is 6.86. The Morgan fingerprint density at radius 1 is 1.33 bits per heavy atom. The van der Waals surface area contributed by atoms with Crippen LogP contribution in [-0.4, -0.2) is 54.9 Å². The number of aromatic amines is 1. The topological polar surface area (TPSA) is 104 Å². The van der Waals surface area contributed by atoms with Gasteiger partial charge in [-0.15, -0.1) is 0 Å². The molecule has 3 aromatic rings. The van der Waals surface area contributed by atoms with E-state index in [0.717, 1.165) is 11.4 Å². The minimum atomic E-state index is -0.586. The average molecular weight is 367 g/mol. The van der Waals surface area contributed by atoms with Crippen LogP contribution in [-0.2, 0) is 13.5 Å². The van der Waals surface area contributed by atoms with E-state index in [4.69, 9.17) is 0 Å². The van der Waals surface area contributed by atoms with Gasteiger partial charge in [0.25, 0.3) is 11.5 Å². The fraction of sp³-hybridized carbons (Fsp3) is 0.368. The van der Waals surface area contributed by atoms with E-state index < -0.39 is 6.10 Å². The molecule has 2 N–H and O–H groups in total. The predicted octanol–water partition coefficient (Wildman–Crippen LogP) is 0.641. The maximum atomic E-state index is 12.9. The van der Waals surface area contributed by atoms with Gasteiger partial charge < -0.3 is 14.6 Å². The fourth-order valence-electron chi connectivity index (χ4n) is 3.59. The Bertz CT molecular complexity index is 1070. The zero-order chi connectivity index (χ0) is 19.1. The van der Waals surface area contributed by atoms with E-state index in [1.165, 1.54) is 10.9 Å². The summed E-state index contributed by atoms with van der Waals surface area (Å²) in [5.74, 6) is -0.221. The van der Waals surface area contributed by atoms with Crippen molar-refractivity contribution in [2.24, 2.45) is 13.0 Å². The molecule has 0 radical (unpaired) electrons. The molecular formula is C19H21N5O3. The largest absolute Gasteiger partial charge is 0.391 e. The summed E-state index contributed by atoms with van der Waals surface area (Å²) in [7, 11) is 1.64. The molecule has 1 fully saturated rings. The second-order valence-corrected chi connectivity index (χ2v) is 7.18. The number of carbonyl (C=O) groups excluding carboxylic acids is 1. The van der Waals surface area contributed by atoms with Gasteiger partial charge in [0.2, 0.25) is 0 Å². The molecule has 0 aliphatic carbocycles. The highest BCUT2D eigenvalue weighted by Crippen LogP contribution is 2.23. The molecule has 0 spiro atoms. The molecule has 3 heterocycles. The summed E-state index contributed by atoms with van der Waals surface area (Å²) in [6.07, 6.45) is 1.47. The number of likely N-dealkylation sites (tertiary alicyclic amines) is 1. The van der Waals surface area contributed by atoms with Crippen LogP contribution in [0.5, 0.6) is 0 Å². The first-order valence-corrected chi connectivity index (χ1v) is 8.86. The smallest absolute Gasteiger partial charge is 0.260 e. The number of aromatic nitrogens is 4. The normalized spacial score (nSPS) is 19.7. The number of rotatable bonds is 3. The highest BCUT2D eigenvalue weighted by Gasteiger charge is 2.34. The summed E-state index contributed by atoms with van der Waals surface area (Å²) < 4.78 is 1.40. The van der Waals surface area contributed by atoms with Gasteiger partial charge in [-0.2, -0.15) is 5.10 Å². The fourth-order valence-corrected chi connectivity index (χ4v) is 3.59. The lowest BCUT2D eigenvalue weighted by Gasteiger charge is -2.16. The molecule has 8 heteroatoms. The van der Waals surface area contributed by atoms with Crippen LogP contribution in [0.2, 0.25) is 0 Å². The first-order chi connectivity index (χ1) is 12.9. The Labute approximate surface area is 155 Å². The lowest BCUT2D eigenvalue weighted by molar-refractivity contribution is 0.0765. The van der Waals surface area contributed by atoms with Crippen LogP contribution < -0.4 is 5.56 Å². The number of nitrogens with zero attached hydrogens (tertiary/aromatic N) is 4. The summed E-state index contributed by atoms with van der Waals surface area (Å²) in [5, 5.41) is 18.0. The summed E-state index contributed by atoms with van der Waals surface area (Å²) in [6.45, 7) is 2.68. The number of carbonyl (C=O) groups is 1. The van der Waals surface area contributed by atoms with Crippen molar-refractivity contribution >= 4 is 16.8 Å². The van der Waals surface area contributed by atoms with Crippen molar-refractivity contribution < 1.29 is 9.90 Å². The molecule has 1 aromatic carbocycles. The van der Waals surface area contributed by atoms with Gasteiger partial charge in [0.05, 0.1) is 29.0 Å². The Kier molecular flexibility index (Phi) is 4.27. The van der Waals surface area contributed by atoms with Gasteiger partial charge in [-0.25, -0.2) is 4.98 Å². The van der Waals surface area contributed by atoms with Crippen molar-refractivity contribution in [3.63, 3.8) is 0 Å². The number of β-amino-alcohol motifs (C(OH)–C–C–N with tert-alkyl or cyclic N) is 1. The molecule has 1 aliphatic heterocycles. The number of aliphatic hydroxyl groups is 1. The number of aryl methyl sites for hydroxylation is 2. The van der Waals surface area contributed by atoms with E-state index in [2.05, 4.69) is 15.2 Å². The quantitative estimate of drug-likeness (QED) is 0.707. The van der Waals surface area contributed by atoms with Crippen LogP contribution >= 0.6 is 0 Å². The van der Waals surface area contributed by atoms with Crippen molar-refractivity contribution in [1.29, 1.82) is 0 Å². The van der Waals surface area contributed by atoms with E-state index >= 15 is 0 Å². The molecule has 1 amide bonds. The lowest BCUT2D eigenvalue weighted by Crippen LogP contribution is -2.29. The van der Waals surface area contributed by atoms with E-state index in [1.54, 1.807) is 30.1 Å². The highest BCUT2D eigenvalue weighted by atomic mass is 16.3. The monoisotopic (exact) mass is 367 g/mol. The number of benzene rings is 1. The van der Waals surface area contributed by atoms with E-state index in [9.17, 15) is 14.7 Å². The summed E-state index contributed by atoms with van der Waals surface area (Å²) in [5.41, 5.74) is 2.67. The molecule has 2 aromatic heterocycles. The van der Waals surface area contributed by atoms with Gasteiger partial charge in [-0.1, -0.05) is 0 Å². The molecule has 2 atom stereocenters. The second-order valence-electron chi connectivity index (χ2n) is 7.18. The van der Waals surface area contributed by atoms with Crippen LogP contribution in [0.3, 0.4) is 0 Å². The van der Waals surface area contributed by atoms with Crippen molar-refractivity contribution in [3.05, 3.63) is 57.9 Å². The maximum absolute atomic E-state index is 12.9. The Balaban J connectivity index is 1.53. The van der Waals surface area contributed by atoms with Gasteiger partial charge in [-0.05, 0) is 37.6 Å². The van der Waals surface area contributed by atoms with Gasteiger partial charge >= 0.3 is 0 Å². The van der Waals surface area contributed by atoms with E-state index in [1.807, 2.05) is 13.0 Å². The van der Waals surface area contributed by atoms with Crippen molar-refractivity contribution in [3.8, 4) is 0 Å². The van der Waals surface area contributed by atoms with E-state index in [-0.39, 0.29) is 23.9 Å². The van der Waals surface area contributed by atoms with Crippen LogP contribution in [0.1, 0.15) is 21.7 Å². The Morgan fingerprint density at radius 3 is 2.89 bits per heavy atom. The minimum Gasteiger partial charge on any atom is -0.391 e. The van der Waals surface area contributed by atoms with Crippen LogP contribution in [0.4, 0.5) is 0 Å². The Hall–Kier alpha value is -3.00. The number of hydrogen-bond donors (Lipinski definition) is 2.